The number of halogens is 13. The van der Waals surface area contributed by atoms with Gasteiger partial charge in [0.15, 0.2) is 6.78 Å². The van der Waals surface area contributed by atoms with Crippen LogP contribution in [0.4, 0.5) is 43.9 Å². The van der Waals surface area contributed by atoms with Gasteiger partial charge in [-0.05, 0) is 64.6 Å². The molecule has 54 heavy (non-hydrogen) atoms. The van der Waals surface area contributed by atoms with Gasteiger partial charge in [-0.3, -0.25) is 9.34 Å². The molecule has 0 saturated carbocycles. The van der Waals surface area contributed by atoms with Crippen molar-refractivity contribution in [3.8, 4) is 0 Å². The smallest absolute Gasteiger partial charge is 1.00 e. The van der Waals surface area contributed by atoms with Crippen molar-refractivity contribution in [2.45, 2.75) is 0 Å². The molecule has 0 aliphatic carbocycles. The molecule has 0 aromatic heterocycles. The molecule has 0 N–H and O–H groups in total. The molecule has 20 heteroatoms. The Hall–Kier alpha value is -1.89. The van der Waals surface area contributed by atoms with Gasteiger partial charge in [0, 0.05) is 77.8 Å². The molecule has 0 saturated heterocycles. The van der Waals surface area contributed by atoms with E-state index in [-0.39, 0.29) is 36.5 Å². The van der Waals surface area contributed by atoms with Crippen LogP contribution in [0.25, 0.3) is 0 Å². The molecule has 0 fully saturated rings. The van der Waals surface area contributed by atoms with Crippen molar-refractivity contribution in [2.24, 2.45) is 0 Å². The maximum Gasteiger partial charge on any atom is 2.00 e. The zero-order valence-electron chi connectivity index (χ0n) is 30.4. The molecule has 0 heterocycles. The molecule has 5 rings (SSSR count). The molecule has 0 atom stereocenters. The van der Waals surface area contributed by atoms with Crippen molar-refractivity contribution >= 4 is 105 Å². The van der Waals surface area contributed by atoms with Crippen LogP contribution >= 0.6 is 61.1 Å². The minimum Gasteiger partial charge on any atom is -1.00 e. The fourth-order valence-electron chi connectivity index (χ4n) is 3.92. The van der Waals surface area contributed by atoms with Gasteiger partial charge in [-0.25, -0.2) is 43.9 Å². The Morgan fingerprint density at radius 1 is 0.481 bits per heavy atom. The van der Waals surface area contributed by atoms with Crippen LogP contribution in [0.3, 0.4) is 0 Å². The standard InChI is InChI=1S/C14H12F4NP.C12H6F4OP.C6H3BrF2.C2H6Cl2NP.Mg.2H/c1-19(2)20(13-5-9(15)3-10(16)6-13)14-7-11(17)4-12(18)8-14;13-7-1-8(14)4-11(3-7)18(17)12-5-9(15)2-10(16)6-12;7-4-1-5(8)3-6(9)2-4;1-5(2)6(3)4;;;/h3-8H,1-2H3;1-6H;1-3H;1-2H3;;;/q;+1;;;+2;2*-1. The van der Waals surface area contributed by atoms with Crippen molar-refractivity contribution in [2.75, 3.05) is 28.2 Å². The molecular weight excluding hydrogens is 910 g/mol. The van der Waals surface area contributed by atoms with E-state index in [9.17, 15) is 48.5 Å². The third-order valence-corrected chi connectivity index (χ3v) is 12.5. The monoisotopic (exact) mass is 937 g/mol. The van der Waals surface area contributed by atoms with Gasteiger partial charge in [0.1, 0.15) is 58.2 Å². The maximum absolute atomic E-state index is 13.3. The first-order chi connectivity index (χ1) is 24.6. The van der Waals surface area contributed by atoms with Gasteiger partial charge >= 0.3 is 30.9 Å². The van der Waals surface area contributed by atoms with Gasteiger partial charge in [0.05, 0.1) is 0 Å². The largest absolute Gasteiger partial charge is 2.00 e. The summed E-state index contributed by atoms with van der Waals surface area (Å²) in [6.07, 6.45) is 0. The fourth-order valence-corrected chi connectivity index (χ4v) is 7.82. The summed E-state index contributed by atoms with van der Waals surface area (Å²) in [5, 5.41) is 0.389. The molecule has 0 aliphatic heterocycles. The summed E-state index contributed by atoms with van der Waals surface area (Å²) in [6.45, 7) is -0.882. The van der Waals surface area contributed by atoms with Crippen LogP contribution in [0.5, 0.6) is 0 Å². The number of hydrogen-bond donors (Lipinski definition) is 0. The van der Waals surface area contributed by atoms with Crippen LogP contribution in [0, 0.1) is 58.2 Å². The van der Waals surface area contributed by atoms with Gasteiger partial charge in [-0.15, -0.1) is 0 Å². The van der Waals surface area contributed by atoms with E-state index >= 15 is 0 Å². The summed E-state index contributed by atoms with van der Waals surface area (Å²) in [5.74, 6) is -7.59. The average Bonchev–Trinajstić information content (AvgIpc) is 2.99. The van der Waals surface area contributed by atoms with Crippen molar-refractivity contribution in [1.82, 2.24) is 9.34 Å². The second-order valence-corrected chi connectivity index (χ2v) is 19.3. The maximum atomic E-state index is 13.3. The van der Waals surface area contributed by atoms with Gasteiger partial charge in [0.2, 0.25) is 10.6 Å². The predicted molar refractivity (Wildman–Crippen MR) is 207 cm³/mol. The van der Waals surface area contributed by atoms with E-state index in [4.69, 9.17) is 22.5 Å². The normalized spacial score (nSPS) is 10.5. The second kappa shape index (κ2) is 24.0. The Labute approximate surface area is 345 Å². The van der Waals surface area contributed by atoms with Gasteiger partial charge in [0.25, 0.3) is 0 Å². The van der Waals surface area contributed by atoms with E-state index < -0.39 is 80.8 Å². The molecule has 3 nitrogen and oxygen atoms in total. The van der Waals surface area contributed by atoms with E-state index in [1.165, 1.54) is 36.4 Å². The molecule has 0 radical (unpaired) electrons. The van der Waals surface area contributed by atoms with Crippen LogP contribution in [-0.4, -0.2) is 60.6 Å². The third kappa shape index (κ3) is 17.9. The van der Waals surface area contributed by atoms with Crippen molar-refractivity contribution in [1.29, 1.82) is 0 Å². The van der Waals surface area contributed by atoms with Crippen molar-refractivity contribution in [3.63, 3.8) is 0 Å². The van der Waals surface area contributed by atoms with Gasteiger partial charge < -0.3 is 2.85 Å². The van der Waals surface area contributed by atoms with Gasteiger partial charge in [-0.2, -0.15) is 0 Å². The Morgan fingerprint density at radius 2 is 0.704 bits per heavy atom. The van der Waals surface area contributed by atoms with E-state index in [1.807, 2.05) is 14.1 Å². The van der Waals surface area contributed by atoms with Crippen LogP contribution < -0.4 is 21.2 Å². The number of nitrogens with zero attached hydrogens (tertiary/aromatic N) is 2. The van der Waals surface area contributed by atoms with E-state index in [0.717, 1.165) is 42.5 Å². The number of rotatable bonds is 6. The Balaban J connectivity index is 0. The van der Waals surface area contributed by atoms with Crippen LogP contribution in [0.15, 0.2) is 95.5 Å². The van der Waals surface area contributed by atoms with Crippen LogP contribution in [0.1, 0.15) is 2.85 Å². The van der Waals surface area contributed by atoms with Crippen LogP contribution in [-0.2, 0) is 4.57 Å². The molecule has 5 aromatic carbocycles. The Kier molecular flexibility index (Phi) is 22.3. The Morgan fingerprint density at radius 3 is 0.907 bits per heavy atom. The number of hydrogen-bond acceptors (Lipinski definition) is 3. The molecular formula is C34H29BrCl2F10MgN2OP3+. The first-order valence-electron chi connectivity index (χ1n) is 14.3. The summed E-state index contributed by atoms with van der Waals surface area (Å²) in [6, 6.07) is 14.2. The summed E-state index contributed by atoms with van der Waals surface area (Å²) < 4.78 is 145. The van der Waals surface area contributed by atoms with E-state index in [1.54, 1.807) is 23.4 Å². The van der Waals surface area contributed by atoms with E-state index in [2.05, 4.69) is 15.9 Å². The van der Waals surface area contributed by atoms with E-state index in [0.29, 0.717) is 27.2 Å². The second-order valence-electron chi connectivity index (χ2n) is 10.6. The number of benzene rings is 5. The average molecular weight is 940 g/mol. The minimum absolute atomic E-state index is 0. The summed E-state index contributed by atoms with van der Waals surface area (Å²) in [5.41, 5.74) is 0. The Bertz CT molecular complexity index is 1790. The zero-order valence-corrected chi connectivity index (χ0v) is 35.6. The quantitative estimate of drug-likeness (QED) is 0.0963. The molecule has 5 aromatic rings. The SMILES string of the molecule is CN(C)P(Cl)Cl.CN(C)P(c1cc(F)cc(F)c1)c1cc(F)cc(F)c1.Fc1cc(F)cc(Br)c1.O=[P+](c1cc(F)cc(F)c1)c1cc(F)cc(F)c1.[H-].[H-].[Mg+2]. The molecule has 0 spiro atoms. The predicted octanol–water partition coefficient (Wildman–Crippen LogP) is 11.0. The first kappa shape index (κ1) is 50.1. The minimum atomic E-state index is -2.45. The molecule has 288 valence electrons. The summed E-state index contributed by atoms with van der Waals surface area (Å²) in [4.78, 5) is 0. The van der Waals surface area contributed by atoms with Gasteiger partial charge in [-0.1, -0.05) is 43.0 Å². The molecule has 0 bridgehead atoms. The van der Waals surface area contributed by atoms with Crippen molar-refractivity contribution in [3.05, 3.63) is 154 Å². The van der Waals surface area contributed by atoms with Crippen LogP contribution in [0.2, 0.25) is 0 Å². The third-order valence-electron chi connectivity index (χ3n) is 5.88. The van der Waals surface area contributed by atoms with Crippen molar-refractivity contribution < 1.29 is 51.3 Å². The molecule has 0 unspecified atom stereocenters. The topological polar surface area (TPSA) is 23.6 Å². The molecule has 0 aliphatic rings. The summed E-state index contributed by atoms with van der Waals surface area (Å²) >= 11 is 13.7. The fraction of sp³-hybridized carbons (Fsp3) is 0.118. The first-order valence-corrected chi connectivity index (χ1v) is 20.8. The molecule has 0 amide bonds. The summed E-state index contributed by atoms with van der Waals surface area (Å²) in [7, 11) is 3.21. The zero-order chi connectivity index (χ0) is 40.2.